The Morgan fingerprint density at radius 1 is 1.18 bits per heavy atom. The standard InChI is InChI=1S/C21H28N4O7S/c1-13(2)18(21(27)31-14(3)20-22-15(4)24-32-20)23-19(26)16-6-5-7-17(12-16)33(28,29)25-8-10-30-11-9-25/h5-7,12-14,18H,8-11H2,1-4H3,(H,23,26)/t14?,18-/m0/s1. The molecule has 33 heavy (non-hydrogen) atoms. The highest BCUT2D eigenvalue weighted by atomic mass is 32.2. The van der Waals surface area contributed by atoms with Crippen molar-refractivity contribution in [2.45, 2.75) is 44.7 Å². The van der Waals surface area contributed by atoms with Crippen molar-refractivity contribution in [3.05, 3.63) is 41.5 Å². The third-order valence-electron chi connectivity index (χ3n) is 5.10. The fourth-order valence-corrected chi connectivity index (χ4v) is 4.69. The van der Waals surface area contributed by atoms with Gasteiger partial charge in [-0.2, -0.15) is 9.29 Å². The normalized spacial score (nSPS) is 16.9. The van der Waals surface area contributed by atoms with E-state index in [-0.39, 0.29) is 35.4 Å². The summed E-state index contributed by atoms with van der Waals surface area (Å²) in [7, 11) is -3.77. The van der Waals surface area contributed by atoms with Crippen molar-refractivity contribution >= 4 is 21.9 Å². The van der Waals surface area contributed by atoms with Crippen LogP contribution in [0.15, 0.2) is 33.7 Å². The van der Waals surface area contributed by atoms with Gasteiger partial charge < -0.3 is 19.3 Å². The van der Waals surface area contributed by atoms with E-state index in [4.69, 9.17) is 14.0 Å². The molecule has 180 valence electrons. The second-order valence-corrected chi connectivity index (χ2v) is 9.94. The summed E-state index contributed by atoms with van der Waals surface area (Å²) >= 11 is 0. The highest BCUT2D eigenvalue weighted by molar-refractivity contribution is 7.89. The Morgan fingerprint density at radius 3 is 2.48 bits per heavy atom. The third-order valence-corrected chi connectivity index (χ3v) is 6.99. The van der Waals surface area contributed by atoms with Crippen molar-refractivity contribution in [1.82, 2.24) is 19.8 Å². The molecule has 1 aromatic heterocycles. The fourth-order valence-electron chi connectivity index (χ4n) is 3.23. The highest BCUT2D eigenvalue weighted by Crippen LogP contribution is 2.20. The van der Waals surface area contributed by atoms with Crippen LogP contribution in [-0.2, 0) is 24.3 Å². The van der Waals surface area contributed by atoms with Crippen LogP contribution in [0.1, 0.15) is 48.9 Å². The maximum atomic E-state index is 12.9. The molecule has 1 unspecified atom stereocenters. The summed E-state index contributed by atoms with van der Waals surface area (Å²) in [4.78, 5) is 29.7. The molecule has 1 amide bonds. The summed E-state index contributed by atoms with van der Waals surface area (Å²) in [5.74, 6) is -0.993. The highest BCUT2D eigenvalue weighted by Gasteiger charge is 2.30. The summed E-state index contributed by atoms with van der Waals surface area (Å²) in [5.41, 5.74) is 0.114. The van der Waals surface area contributed by atoms with Gasteiger partial charge in [0, 0.05) is 18.7 Å². The number of hydrogen-bond acceptors (Lipinski definition) is 9. The lowest BCUT2D eigenvalue weighted by Crippen LogP contribution is -2.45. The van der Waals surface area contributed by atoms with Gasteiger partial charge in [0.25, 0.3) is 11.8 Å². The minimum Gasteiger partial charge on any atom is -0.451 e. The molecule has 11 nitrogen and oxygen atoms in total. The number of hydrogen-bond donors (Lipinski definition) is 1. The second kappa shape index (κ2) is 10.4. The van der Waals surface area contributed by atoms with Gasteiger partial charge >= 0.3 is 5.97 Å². The summed E-state index contributed by atoms with van der Waals surface area (Å²) in [5, 5.41) is 6.31. The molecule has 1 fully saturated rings. The van der Waals surface area contributed by atoms with Crippen LogP contribution in [0.3, 0.4) is 0 Å². The quantitative estimate of drug-likeness (QED) is 0.556. The number of nitrogens with one attached hydrogen (secondary N) is 1. The molecule has 1 aliphatic rings. The topological polar surface area (TPSA) is 141 Å². The van der Waals surface area contributed by atoms with Crippen molar-refractivity contribution in [3.8, 4) is 0 Å². The van der Waals surface area contributed by atoms with E-state index >= 15 is 0 Å². The molecule has 2 heterocycles. The van der Waals surface area contributed by atoms with E-state index in [0.717, 1.165) is 0 Å². The van der Waals surface area contributed by atoms with E-state index < -0.39 is 34.0 Å². The van der Waals surface area contributed by atoms with Gasteiger partial charge in [0.05, 0.1) is 18.1 Å². The molecule has 2 aromatic rings. The van der Waals surface area contributed by atoms with Crippen LogP contribution in [0.4, 0.5) is 0 Å². The van der Waals surface area contributed by atoms with E-state index in [9.17, 15) is 18.0 Å². The zero-order valence-electron chi connectivity index (χ0n) is 19.0. The first-order valence-corrected chi connectivity index (χ1v) is 12.0. The van der Waals surface area contributed by atoms with Gasteiger partial charge in [-0.25, -0.2) is 13.2 Å². The lowest BCUT2D eigenvalue weighted by Gasteiger charge is -2.26. The number of nitrogens with zero attached hydrogens (tertiary/aromatic N) is 3. The van der Waals surface area contributed by atoms with Gasteiger partial charge in [-0.3, -0.25) is 4.79 Å². The molecule has 12 heteroatoms. The van der Waals surface area contributed by atoms with Crippen LogP contribution in [-0.4, -0.2) is 67.1 Å². The third kappa shape index (κ3) is 5.95. The molecule has 0 bridgehead atoms. The monoisotopic (exact) mass is 480 g/mol. The SMILES string of the molecule is Cc1noc(C(C)OC(=O)[C@@H](NC(=O)c2cccc(S(=O)(=O)N3CCOCC3)c2)C(C)C)n1. The molecule has 1 saturated heterocycles. The number of ether oxygens (including phenoxy) is 2. The van der Waals surface area contributed by atoms with Gasteiger partial charge in [0.15, 0.2) is 11.9 Å². The Labute approximate surface area is 192 Å². The van der Waals surface area contributed by atoms with Crippen molar-refractivity contribution in [2.24, 2.45) is 5.92 Å². The number of amides is 1. The van der Waals surface area contributed by atoms with E-state index in [2.05, 4.69) is 15.5 Å². The molecule has 2 atom stereocenters. The molecule has 3 rings (SSSR count). The van der Waals surface area contributed by atoms with Crippen LogP contribution in [0.5, 0.6) is 0 Å². The van der Waals surface area contributed by atoms with Gasteiger partial charge in [0.1, 0.15) is 6.04 Å². The largest absolute Gasteiger partial charge is 0.451 e. The summed E-state index contributed by atoms with van der Waals surface area (Å²) in [6.45, 7) is 7.88. The number of benzene rings is 1. The Kier molecular flexibility index (Phi) is 7.82. The Morgan fingerprint density at radius 2 is 1.88 bits per heavy atom. The van der Waals surface area contributed by atoms with Gasteiger partial charge in [-0.1, -0.05) is 25.1 Å². The minimum atomic E-state index is -3.77. The Bertz CT molecular complexity index is 1090. The molecular formula is C21H28N4O7S. The van der Waals surface area contributed by atoms with Gasteiger partial charge in [-0.05, 0) is 38.0 Å². The molecular weight excluding hydrogens is 452 g/mol. The van der Waals surface area contributed by atoms with Crippen LogP contribution >= 0.6 is 0 Å². The van der Waals surface area contributed by atoms with Gasteiger partial charge in [-0.15, -0.1) is 0 Å². The zero-order valence-corrected chi connectivity index (χ0v) is 19.8. The van der Waals surface area contributed by atoms with Crippen LogP contribution in [0.25, 0.3) is 0 Å². The molecule has 1 N–H and O–H groups in total. The first-order chi connectivity index (χ1) is 15.6. The number of esters is 1. The van der Waals surface area contributed by atoms with E-state index in [1.54, 1.807) is 27.7 Å². The predicted molar refractivity (Wildman–Crippen MR) is 116 cm³/mol. The van der Waals surface area contributed by atoms with E-state index in [1.165, 1.54) is 28.6 Å². The van der Waals surface area contributed by atoms with Crippen LogP contribution in [0.2, 0.25) is 0 Å². The summed E-state index contributed by atoms with van der Waals surface area (Å²) < 4.78 is 42.8. The summed E-state index contributed by atoms with van der Waals surface area (Å²) in [6.07, 6.45) is -0.793. The average Bonchev–Trinajstić information content (AvgIpc) is 3.24. The number of aryl methyl sites for hydroxylation is 1. The number of carbonyl (C=O) groups is 2. The molecule has 0 saturated carbocycles. The van der Waals surface area contributed by atoms with Crippen LogP contribution < -0.4 is 5.32 Å². The fraction of sp³-hybridized carbons (Fsp3) is 0.524. The number of rotatable bonds is 8. The van der Waals surface area contributed by atoms with E-state index in [0.29, 0.717) is 19.0 Å². The zero-order chi connectivity index (χ0) is 24.2. The number of morpholine rings is 1. The lowest BCUT2D eigenvalue weighted by molar-refractivity contribution is -0.153. The predicted octanol–water partition coefficient (Wildman–Crippen LogP) is 1.46. The molecule has 0 aliphatic carbocycles. The van der Waals surface area contributed by atoms with E-state index in [1.807, 2.05) is 0 Å². The lowest BCUT2D eigenvalue weighted by atomic mass is 10.0. The maximum Gasteiger partial charge on any atom is 0.329 e. The molecule has 0 spiro atoms. The number of carbonyl (C=O) groups excluding carboxylic acids is 2. The second-order valence-electron chi connectivity index (χ2n) is 8.00. The molecule has 0 radical (unpaired) electrons. The molecule has 1 aliphatic heterocycles. The first-order valence-electron chi connectivity index (χ1n) is 10.6. The average molecular weight is 481 g/mol. The van der Waals surface area contributed by atoms with Crippen molar-refractivity contribution in [3.63, 3.8) is 0 Å². The van der Waals surface area contributed by atoms with Crippen LogP contribution in [0, 0.1) is 12.8 Å². The van der Waals surface area contributed by atoms with Crippen molar-refractivity contribution < 1.29 is 32.0 Å². The van der Waals surface area contributed by atoms with Crippen molar-refractivity contribution in [2.75, 3.05) is 26.3 Å². The molecule has 1 aromatic carbocycles. The van der Waals surface area contributed by atoms with Gasteiger partial charge in [0.2, 0.25) is 10.0 Å². The minimum absolute atomic E-state index is 0.00103. The first kappa shape index (κ1) is 24.8. The summed E-state index contributed by atoms with van der Waals surface area (Å²) in [6, 6.07) is 4.74. The maximum absolute atomic E-state index is 12.9. The Balaban J connectivity index is 1.72. The van der Waals surface area contributed by atoms with Crippen molar-refractivity contribution in [1.29, 1.82) is 0 Å². The Hall–Kier alpha value is -2.83. The number of sulfonamides is 1. The number of aromatic nitrogens is 2. The smallest absolute Gasteiger partial charge is 0.329 e.